The van der Waals surface area contributed by atoms with Crippen LogP contribution in [-0.2, 0) is 0 Å². The van der Waals surface area contributed by atoms with E-state index >= 15 is 0 Å². The van der Waals surface area contributed by atoms with Crippen molar-refractivity contribution in [3.05, 3.63) is 69.2 Å². The third-order valence-electron chi connectivity index (χ3n) is 3.50. The molecule has 2 rings (SSSR count). The fraction of sp³-hybridized carbons (Fsp3) is 0.294. The minimum Gasteiger partial charge on any atom is -0.303 e. The van der Waals surface area contributed by atoms with Crippen molar-refractivity contribution in [2.45, 2.75) is 32.4 Å². The molecule has 0 aliphatic carbocycles. The third kappa shape index (κ3) is 4.08. The summed E-state index contributed by atoms with van der Waals surface area (Å²) in [5, 5.41) is 4.46. The molecule has 0 radical (unpaired) electrons. The lowest BCUT2D eigenvalue weighted by molar-refractivity contribution is 0.456. The predicted octanol–water partition coefficient (Wildman–Crippen LogP) is 5.90. The van der Waals surface area contributed by atoms with Gasteiger partial charge >= 0.3 is 0 Å². The van der Waals surface area contributed by atoms with Gasteiger partial charge in [0, 0.05) is 21.6 Å². The maximum absolute atomic E-state index is 5.95. The van der Waals surface area contributed by atoms with E-state index in [-0.39, 0.29) is 0 Å². The van der Waals surface area contributed by atoms with E-state index in [0.29, 0.717) is 12.1 Å². The van der Waals surface area contributed by atoms with Crippen molar-refractivity contribution in [1.29, 1.82) is 0 Å². The molecule has 0 aromatic heterocycles. The standard InChI is InChI=1S/C17H19BrClN/c1-3-17(14-6-10-16(19)11-7-14)20-12(2)13-4-8-15(18)9-5-13/h4-12,17,20H,3H2,1-2H3/t12-,17?/m0/s1. The van der Waals surface area contributed by atoms with Crippen molar-refractivity contribution >= 4 is 27.5 Å². The average molecular weight is 353 g/mol. The zero-order chi connectivity index (χ0) is 14.5. The molecule has 0 saturated heterocycles. The van der Waals surface area contributed by atoms with Gasteiger partial charge in [-0.3, -0.25) is 0 Å². The molecule has 0 aliphatic heterocycles. The molecular formula is C17H19BrClN. The van der Waals surface area contributed by atoms with Crippen molar-refractivity contribution in [1.82, 2.24) is 5.32 Å². The van der Waals surface area contributed by atoms with Crippen LogP contribution >= 0.6 is 27.5 Å². The lowest BCUT2D eigenvalue weighted by Crippen LogP contribution is -2.24. The first-order valence-electron chi connectivity index (χ1n) is 6.87. The van der Waals surface area contributed by atoms with Crippen molar-refractivity contribution in [3.8, 4) is 0 Å². The highest BCUT2D eigenvalue weighted by molar-refractivity contribution is 9.10. The van der Waals surface area contributed by atoms with Gasteiger partial charge in [0.2, 0.25) is 0 Å². The van der Waals surface area contributed by atoms with E-state index in [1.54, 1.807) is 0 Å². The van der Waals surface area contributed by atoms with E-state index in [0.717, 1.165) is 15.9 Å². The quantitative estimate of drug-likeness (QED) is 0.706. The molecule has 0 amide bonds. The van der Waals surface area contributed by atoms with Gasteiger partial charge < -0.3 is 5.32 Å². The minimum absolute atomic E-state index is 0.309. The van der Waals surface area contributed by atoms with Gasteiger partial charge in [-0.1, -0.05) is 58.7 Å². The molecule has 0 heterocycles. The number of halogens is 2. The van der Waals surface area contributed by atoms with Crippen LogP contribution in [-0.4, -0.2) is 0 Å². The Balaban J connectivity index is 2.09. The molecule has 1 N–H and O–H groups in total. The predicted molar refractivity (Wildman–Crippen MR) is 90.2 cm³/mol. The van der Waals surface area contributed by atoms with E-state index in [2.05, 4.69) is 71.5 Å². The Kier molecular flexibility index (Phi) is 5.64. The average Bonchev–Trinajstić information content (AvgIpc) is 2.46. The molecule has 0 aliphatic rings. The van der Waals surface area contributed by atoms with Gasteiger partial charge in [-0.15, -0.1) is 0 Å². The van der Waals surface area contributed by atoms with Crippen LogP contribution in [0, 0.1) is 0 Å². The van der Waals surface area contributed by atoms with Crippen LogP contribution in [0.15, 0.2) is 53.0 Å². The number of rotatable bonds is 5. The summed E-state index contributed by atoms with van der Waals surface area (Å²) in [6.45, 7) is 4.39. The summed E-state index contributed by atoms with van der Waals surface area (Å²) in [5.74, 6) is 0. The Morgan fingerprint density at radius 3 is 2.10 bits per heavy atom. The molecule has 2 atom stereocenters. The van der Waals surface area contributed by atoms with Gasteiger partial charge in [-0.05, 0) is 48.7 Å². The van der Waals surface area contributed by atoms with Gasteiger partial charge in [0.15, 0.2) is 0 Å². The molecule has 2 aromatic rings. The number of hydrogen-bond donors (Lipinski definition) is 1. The van der Waals surface area contributed by atoms with Crippen molar-refractivity contribution in [2.24, 2.45) is 0 Å². The first-order valence-corrected chi connectivity index (χ1v) is 8.04. The Bertz CT molecular complexity index is 536. The lowest BCUT2D eigenvalue weighted by atomic mass is 10.0. The molecule has 0 saturated carbocycles. The van der Waals surface area contributed by atoms with Crippen molar-refractivity contribution < 1.29 is 0 Å². The fourth-order valence-electron chi connectivity index (χ4n) is 2.29. The van der Waals surface area contributed by atoms with Crippen LogP contribution in [0.2, 0.25) is 5.02 Å². The first-order chi connectivity index (χ1) is 9.60. The van der Waals surface area contributed by atoms with Gasteiger partial charge in [0.25, 0.3) is 0 Å². The van der Waals surface area contributed by atoms with Crippen LogP contribution in [0.4, 0.5) is 0 Å². The Labute approximate surface area is 134 Å². The van der Waals surface area contributed by atoms with Gasteiger partial charge in [-0.2, -0.15) is 0 Å². The molecule has 1 nitrogen and oxygen atoms in total. The summed E-state index contributed by atoms with van der Waals surface area (Å²) >= 11 is 9.42. The van der Waals surface area contributed by atoms with Crippen molar-refractivity contribution in [3.63, 3.8) is 0 Å². The molecule has 20 heavy (non-hydrogen) atoms. The van der Waals surface area contributed by atoms with E-state index in [1.165, 1.54) is 11.1 Å². The smallest absolute Gasteiger partial charge is 0.0406 e. The maximum Gasteiger partial charge on any atom is 0.0406 e. The third-order valence-corrected chi connectivity index (χ3v) is 4.28. The monoisotopic (exact) mass is 351 g/mol. The SMILES string of the molecule is CCC(N[C@@H](C)c1ccc(Br)cc1)c1ccc(Cl)cc1. The zero-order valence-electron chi connectivity index (χ0n) is 11.7. The number of benzene rings is 2. The van der Waals surface area contributed by atoms with Crippen LogP contribution in [0.5, 0.6) is 0 Å². The first kappa shape index (κ1) is 15.6. The molecule has 0 bridgehead atoms. The number of nitrogens with one attached hydrogen (secondary N) is 1. The van der Waals surface area contributed by atoms with E-state index in [1.807, 2.05) is 12.1 Å². The molecular weight excluding hydrogens is 334 g/mol. The van der Waals surface area contributed by atoms with Gasteiger partial charge in [0.1, 0.15) is 0 Å². The second kappa shape index (κ2) is 7.26. The highest BCUT2D eigenvalue weighted by atomic mass is 79.9. The summed E-state index contributed by atoms with van der Waals surface area (Å²) in [6.07, 6.45) is 1.04. The summed E-state index contributed by atoms with van der Waals surface area (Å²) in [7, 11) is 0. The summed E-state index contributed by atoms with van der Waals surface area (Å²) in [4.78, 5) is 0. The second-order valence-electron chi connectivity index (χ2n) is 4.95. The zero-order valence-corrected chi connectivity index (χ0v) is 14.1. The largest absolute Gasteiger partial charge is 0.303 e. The minimum atomic E-state index is 0.309. The molecule has 3 heteroatoms. The molecule has 106 valence electrons. The fourth-order valence-corrected chi connectivity index (χ4v) is 2.68. The lowest BCUT2D eigenvalue weighted by Gasteiger charge is -2.23. The Morgan fingerprint density at radius 1 is 1.00 bits per heavy atom. The summed E-state index contributed by atoms with van der Waals surface area (Å²) < 4.78 is 1.11. The topological polar surface area (TPSA) is 12.0 Å². The highest BCUT2D eigenvalue weighted by Crippen LogP contribution is 2.24. The van der Waals surface area contributed by atoms with E-state index < -0.39 is 0 Å². The van der Waals surface area contributed by atoms with Gasteiger partial charge in [0.05, 0.1) is 0 Å². The van der Waals surface area contributed by atoms with Crippen LogP contribution < -0.4 is 5.32 Å². The Hall–Kier alpha value is -0.830. The molecule has 0 fully saturated rings. The highest BCUT2D eigenvalue weighted by Gasteiger charge is 2.13. The van der Waals surface area contributed by atoms with Gasteiger partial charge in [-0.25, -0.2) is 0 Å². The van der Waals surface area contributed by atoms with Crippen LogP contribution in [0.25, 0.3) is 0 Å². The Morgan fingerprint density at radius 2 is 1.55 bits per heavy atom. The normalized spacial score (nSPS) is 14.0. The van der Waals surface area contributed by atoms with Crippen LogP contribution in [0.3, 0.4) is 0 Å². The number of hydrogen-bond acceptors (Lipinski definition) is 1. The summed E-state index contributed by atoms with van der Waals surface area (Å²) in [5.41, 5.74) is 2.57. The molecule has 1 unspecified atom stereocenters. The maximum atomic E-state index is 5.95. The molecule has 0 spiro atoms. The molecule has 2 aromatic carbocycles. The second-order valence-corrected chi connectivity index (χ2v) is 6.30. The van der Waals surface area contributed by atoms with Crippen molar-refractivity contribution in [2.75, 3.05) is 0 Å². The summed E-state index contributed by atoms with van der Waals surface area (Å²) in [6, 6.07) is 17.2. The van der Waals surface area contributed by atoms with E-state index in [9.17, 15) is 0 Å². The van der Waals surface area contributed by atoms with Crippen LogP contribution in [0.1, 0.15) is 43.5 Å². The van der Waals surface area contributed by atoms with E-state index in [4.69, 9.17) is 11.6 Å².